The molecule has 78 heavy (non-hydrogen) atoms. The maximum atomic E-state index is 13.0. The summed E-state index contributed by atoms with van der Waals surface area (Å²) in [4.78, 5) is 0. The van der Waals surface area contributed by atoms with Gasteiger partial charge < -0.3 is 27.4 Å². The van der Waals surface area contributed by atoms with Crippen LogP contribution in [0.3, 0.4) is 0 Å². The second-order valence-corrected chi connectivity index (χ2v) is 18.3. The molecule has 0 bridgehead atoms. The molecule has 0 spiro atoms. The zero-order valence-electron chi connectivity index (χ0n) is 49.3. The fourth-order valence-electron chi connectivity index (χ4n) is 7.50. The van der Waals surface area contributed by atoms with Crippen LogP contribution in [0.15, 0.2) is 192 Å². The Morgan fingerprint density at radius 1 is 0.333 bits per heavy atom. The molecule has 6 heterocycles. The summed E-state index contributed by atoms with van der Waals surface area (Å²) in [5, 5.41) is 8.30. The third kappa shape index (κ3) is 20.0. The average molecular weight is 1230 g/mol. The van der Waals surface area contributed by atoms with Crippen LogP contribution in [0.4, 0.5) is 8.78 Å². The molecule has 6 aromatic carbocycles. The molecule has 0 aliphatic carbocycles. The lowest BCUT2D eigenvalue weighted by molar-refractivity contribution is 0.629. The van der Waals surface area contributed by atoms with E-state index in [2.05, 4.69) is 131 Å². The summed E-state index contributed by atoms with van der Waals surface area (Å²) in [7, 11) is 11.9. The largest absolute Gasteiger partial charge is 0.351 e. The second-order valence-electron chi connectivity index (χ2n) is 15.7. The third-order valence-corrected chi connectivity index (χ3v) is 12.9. The highest BCUT2D eigenvalue weighted by molar-refractivity contribution is 9.11. The first kappa shape index (κ1) is 70.0. The molecular weight excluding hydrogens is 1150 g/mol. The van der Waals surface area contributed by atoms with Gasteiger partial charge in [0.2, 0.25) is 0 Å². The van der Waals surface area contributed by atoms with Crippen LogP contribution < -0.4 is 0 Å². The predicted molar refractivity (Wildman–Crippen MR) is 351 cm³/mol. The first-order valence-corrected chi connectivity index (χ1v) is 29.2. The van der Waals surface area contributed by atoms with Gasteiger partial charge in [-0.05, 0) is 131 Å². The van der Waals surface area contributed by atoms with Gasteiger partial charge in [0.25, 0.3) is 0 Å². The van der Waals surface area contributed by atoms with Gasteiger partial charge in [-0.15, -0.1) is 0 Å². The third-order valence-electron chi connectivity index (χ3n) is 11.2. The van der Waals surface area contributed by atoms with Gasteiger partial charge in [-0.2, -0.15) is 0 Å². The van der Waals surface area contributed by atoms with Crippen LogP contribution in [-0.2, 0) is 42.3 Å². The topological polar surface area (TPSA) is 29.6 Å². The van der Waals surface area contributed by atoms with Crippen LogP contribution >= 0.6 is 55.1 Å². The van der Waals surface area contributed by atoms with Crippen molar-refractivity contribution in [2.45, 2.75) is 83.1 Å². The van der Waals surface area contributed by atoms with Gasteiger partial charge in [0.1, 0.15) is 11.6 Å². The van der Waals surface area contributed by atoms with Gasteiger partial charge in [-0.1, -0.05) is 168 Å². The fraction of sp³-hybridized carbons (Fsp3) is 0.273. The number of nitrogens with zero attached hydrogens (tertiary/aromatic N) is 6. The van der Waals surface area contributed by atoms with Crippen LogP contribution in [0.2, 0.25) is 10.0 Å². The Kier molecular flexibility index (Phi) is 33.8. The fourth-order valence-corrected chi connectivity index (χ4v) is 8.74. The molecule has 420 valence electrons. The Morgan fingerprint density at radius 3 is 1.17 bits per heavy atom. The molecule has 12 rings (SSSR count). The molecular formula is C66H84Br2Cl2F2N6. The van der Waals surface area contributed by atoms with E-state index in [0.717, 1.165) is 40.8 Å². The molecule has 0 N–H and O–H groups in total. The minimum atomic E-state index is -0.181. The molecule has 0 radical (unpaired) electrons. The average Bonchev–Trinajstić information content (AvgIpc) is 4.37. The standard InChI is InChI=1S/2C9H8BrN.2C9H8ClN.2C9H8FN.6C2H6/c1-11-5-4-7-2-3-8(10)6-9(7)11;1-11-6-5-7-8(10)3-2-4-9(7)11;1-11-5-4-7-2-3-8(10)6-9(7)11;1-11-6-5-7-8(10)3-2-4-9(7)11;1-11-5-4-7-2-3-8(10)6-9(7)11;1-11-6-5-7-8(10)3-2-4-9(7)11;6*1-2/h6*2-6H,1H3;6*1-2H3. The van der Waals surface area contributed by atoms with Gasteiger partial charge in [0.05, 0.1) is 11.0 Å². The smallest absolute Gasteiger partial charge is 0.132 e. The van der Waals surface area contributed by atoms with Gasteiger partial charge >= 0.3 is 0 Å². The summed E-state index contributed by atoms with van der Waals surface area (Å²) in [5.41, 5.74) is 6.75. The van der Waals surface area contributed by atoms with Crippen molar-refractivity contribution in [2.24, 2.45) is 42.3 Å². The second kappa shape index (κ2) is 37.7. The summed E-state index contributed by atoms with van der Waals surface area (Å²) in [5.74, 6) is -0.331. The van der Waals surface area contributed by atoms with Crippen LogP contribution in [0.1, 0.15) is 83.1 Å². The minimum absolute atomic E-state index is 0.150. The highest BCUT2D eigenvalue weighted by atomic mass is 79.9. The first-order chi connectivity index (χ1) is 37.7. The number of hydrogen-bond donors (Lipinski definition) is 0. The van der Waals surface area contributed by atoms with Crippen molar-refractivity contribution in [1.82, 2.24) is 27.4 Å². The zero-order chi connectivity index (χ0) is 59.1. The molecule has 0 atom stereocenters. The van der Waals surface area contributed by atoms with E-state index in [9.17, 15) is 8.78 Å². The number of aryl methyl sites for hydroxylation is 6. The van der Waals surface area contributed by atoms with Crippen molar-refractivity contribution in [3.63, 3.8) is 0 Å². The number of halogens is 6. The Labute approximate surface area is 492 Å². The monoisotopic (exact) mass is 1230 g/mol. The van der Waals surface area contributed by atoms with Crippen LogP contribution in [0.5, 0.6) is 0 Å². The van der Waals surface area contributed by atoms with E-state index in [1.165, 1.54) is 56.4 Å². The normalized spacial score (nSPS) is 9.54. The maximum Gasteiger partial charge on any atom is 0.132 e. The highest BCUT2D eigenvalue weighted by Crippen LogP contribution is 2.25. The molecule has 0 fully saturated rings. The summed E-state index contributed by atoms with van der Waals surface area (Å²) >= 11 is 18.7. The van der Waals surface area contributed by atoms with Gasteiger partial charge in [0, 0.05) is 137 Å². The van der Waals surface area contributed by atoms with Crippen LogP contribution in [-0.4, -0.2) is 27.4 Å². The quantitative estimate of drug-likeness (QED) is 0.145. The van der Waals surface area contributed by atoms with E-state index in [4.69, 9.17) is 23.2 Å². The molecule has 6 aromatic heterocycles. The van der Waals surface area contributed by atoms with Crippen molar-refractivity contribution in [3.05, 3.63) is 213 Å². The van der Waals surface area contributed by atoms with Crippen LogP contribution in [0, 0.1) is 11.6 Å². The van der Waals surface area contributed by atoms with E-state index in [0.29, 0.717) is 5.39 Å². The van der Waals surface area contributed by atoms with Crippen molar-refractivity contribution < 1.29 is 8.78 Å². The summed E-state index contributed by atoms with van der Waals surface area (Å²) in [6, 6.07) is 46.3. The molecule has 12 heteroatoms. The van der Waals surface area contributed by atoms with Crippen LogP contribution in [0.25, 0.3) is 65.4 Å². The predicted octanol–water partition coefficient (Wildman–Crippen LogP) is 22.3. The van der Waals surface area contributed by atoms with Crippen molar-refractivity contribution in [3.8, 4) is 0 Å². The zero-order valence-corrected chi connectivity index (χ0v) is 54.0. The Balaban J connectivity index is 0.000000450. The van der Waals surface area contributed by atoms with E-state index < -0.39 is 0 Å². The molecule has 6 nitrogen and oxygen atoms in total. The molecule has 0 amide bonds. The lowest BCUT2D eigenvalue weighted by Crippen LogP contribution is -1.83. The highest BCUT2D eigenvalue weighted by Gasteiger charge is 2.03. The number of rotatable bonds is 0. The lowest BCUT2D eigenvalue weighted by atomic mass is 10.2. The van der Waals surface area contributed by atoms with Crippen molar-refractivity contribution in [2.75, 3.05) is 0 Å². The number of aromatic nitrogens is 6. The molecule has 0 saturated heterocycles. The maximum absolute atomic E-state index is 13.0. The molecule has 0 unspecified atom stereocenters. The summed E-state index contributed by atoms with van der Waals surface area (Å²) in [6.07, 6.45) is 11.9. The number of benzene rings is 6. The SMILES string of the molecule is CC.CC.CC.CC.CC.CC.Cn1ccc2c(Br)cccc21.Cn1ccc2c(Cl)cccc21.Cn1ccc2c(F)cccc21.Cn1ccc2ccc(Br)cc21.Cn1ccc2ccc(Cl)cc21.Cn1ccc2ccc(F)cc21. The Bertz CT molecular complexity index is 3180. The number of hydrogen-bond acceptors (Lipinski definition) is 0. The molecule has 0 aliphatic heterocycles. The Morgan fingerprint density at radius 2 is 0.692 bits per heavy atom. The van der Waals surface area contributed by atoms with Crippen molar-refractivity contribution in [1.29, 1.82) is 0 Å². The van der Waals surface area contributed by atoms with E-state index in [1.54, 1.807) is 18.2 Å². The van der Waals surface area contributed by atoms with E-state index in [1.807, 2.05) is 200 Å². The molecule has 0 saturated carbocycles. The number of fused-ring (bicyclic) bond motifs is 6. The minimum Gasteiger partial charge on any atom is -0.351 e. The van der Waals surface area contributed by atoms with Gasteiger partial charge in [-0.3, -0.25) is 0 Å². The Hall–Kier alpha value is -6.04. The molecule has 0 aliphatic rings. The van der Waals surface area contributed by atoms with Gasteiger partial charge in [0.15, 0.2) is 0 Å². The first-order valence-electron chi connectivity index (χ1n) is 26.9. The van der Waals surface area contributed by atoms with E-state index in [-0.39, 0.29) is 11.6 Å². The van der Waals surface area contributed by atoms with Gasteiger partial charge in [-0.25, -0.2) is 8.78 Å². The summed E-state index contributed by atoms with van der Waals surface area (Å²) < 4.78 is 40.1. The molecule has 12 aromatic rings. The van der Waals surface area contributed by atoms with Crippen molar-refractivity contribution >= 4 is 120 Å². The summed E-state index contributed by atoms with van der Waals surface area (Å²) in [6.45, 7) is 24.0. The lowest BCUT2D eigenvalue weighted by Gasteiger charge is -1.95. The van der Waals surface area contributed by atoms with E-state index >= 15 is 0 Å².